The number of thiophene rings is 1. The Morgan fingerprint density at radius 3 is 2.44 bits per heavy atom. The number of esters is 1. The number of benzene rings is 1. The maximum Gasteiger partial charge on any atom is 0.349 e. The monoisotopic (exact) mass is 363 g/mol. The Labute approximate surface area is 145 Å². The fourth-order valence-corrected chi connectivity index (χ4v) is 2.53. The van der Waals surface area contributed by atoms with E-state index in [-0.39, 0.29) is 15.8 Å². The summed E-state index contributed by atoms with van der Waals surface area (Å²) in [4.78, 5) is 44.6. The van der Waals surface area contributed by atoms with E-state index in [0.29, 0.717) is 22.7 Å². The molecule has 2 aromatic rings. The standard InChI is InChI=1S/C15H13N3O6S/c1-9(19)16-10-3-2-4-11(7-10)17-13(20)8-24-15(21)12-5-6-14(25-12)18(22)23/h2-7H,8H2,1H3,(H,16,19)(H,17,20). The quantitative estimate of drug-likeness (QED) is 0.461. The highest BCUT2D eigenvalue weighted by Gasteiger charge is 2.17. The number of carbonyl (C=O) groups is 3. The highest BCUT2D eigenvalue weighted by molar-refractivity contribution is 7.17. The molecule has 0 unspecified atom stereocenters. The number of hydrogen-bond acceptors (Lipinski definition) is 7. The third-order valence-corrected chi connectivity index (χ3v) is 3.79. The van der Waals surface area contributed by atoms with Crippen molar-refractivity contribution in [1.29, 1.82) is 0 Å². The molecule has 0 radical (unpaired) electrons. The molecule has 1 aromatic heterocycles. The summed E-state index contributed by atoms with van der Waals surface area (Å²) in [6.07, 6.45) is 0. The van der Waals surface area contributed by atoms with Crippen molar-refractivity contribution < 1.29 is 24.0 Å². The maximum absolute atomic E-state index is 11.8. The topological polar surface area (TPSA) is 128 Å². The number of nitrogens with zero attached hydrogens (tertiary/aromatic N) is 1. The van der Waals surface area contributed by atoms with Gasteiger partial charge in [0.2, 0.25) is 5.91 Å². The van der Waals surface area contributed by atoms with Gasteiger partial charge < -0.3 is 15.4 Å². The molecule has 10 heteroatoms. The Balaban J connectivity index is 1.88. The number of ether oxygens (including phenoxy) is 1. The molecule has 0 fully saturated rings. The summed E-state index contributed by atoms with van der Waals surface area (Å²) in [6.45, 7) is 0.814. The molecule has 130 valence electrons. The lowest BCUT2D eigenvalue weighted by Gasteiger charge is -2.08. The van der Waals surface area contributed by atoms with Crippen LogP contribution in [0.25, 0.3) is 0 Å². The van der Waals surface area contributed by atoms with Gasteiger partial charge in [0.05, 0.1) is 4.92 Å². The molecule has 0 bridgehead atoms. The first-order chi connectivity index (χ1) is 11.8. The van der Waals surface area contributed by atoms with Gasteiger partial charge in [0.15, 0.2) is 6.61 Å². The van der Waals surface area contributed by atoms with Gasteiger partial charge in [-0.15, -0.1) is 0 Å². The van der Waals surface area contributed by atoms with Crippen LogP contribution in [0.4, 0.5) is 16.4 Å². The molecule has 0 aliphatic heterocycles. The summed E-state index contributed by atoms with van der Waals surface area (Å²) in [5.74, 6) is -1.65. The third-order valence-electron chi connectivity index (χ3n) is 2.77. The minimum Gasteiger partial charge on any atom is -0.451 e. The molecule has 0 atom stereocenters. The molecule has 2 amide bonds. The molecule has 0 aliphatic rings. The zero-order valence-electron chi connectivity index (χ0n) is 13.0. The SMILES string of the molecule is CC(=O)Nc1cccc(NC(=O)COC(=O)c2ccc([N+](=O)[O-])s2)c1. The number of nitro groups is 1. The summed E-state index contributed by atoms with van der Waals surface area (Å²) in [5.41, 5.74) is 0.923. The van der Waals surface area contributed by atoms with Crippen LogP contribution in [0.5, 0.6) is 0 Å². The highest BCUT2D eigenvalue weighted by Crippen LogP contribution is 2.24. The number of amides is 2. The van der Waals surface area contributed by atoms with Crippen LogP contribution in [0.3, 0.4) is 0 Å². The average Bonchev–Trinajstić information content (AvgIpc) is 3.02. The summed E-state index contributed by atoms with van der Waals surface area (Å²) >= 11 is 0.667. The predicted octanol–water partition coefficient (Wildman–Crippen LogP) is 2.41. The van der Waals surface area contributed by atoms with Crippen LogP contribution >= 0.6 is 11.3 Å². The lowest BCUT2D eigenvalue weighted by Crippen LogP contribution is -2.20. The van der Waals surface area contributed by atoms with Crippen LogP contribution in [-0.2, 0) is 14.3 Å². The van der Waals surface area contributed by atoms with Crippen molar-refractivity contribution in [2.24, 2.45) is 0 Å². The predicted molar refractivity (Wildman–Crippen MR) is 90.6 cm³/mol. The molecule has 0 aliphatic carbocycles. The normalized spacial score (nSPS) is 9.96. The molecular formula is C15H13N3O6S. The first kappa shape index (κ1) is 18.1. The third kappa shape index (κ3) is 5.39. The van der Waals surface area contributed by atoms with Gasteiger partial charge in [-0.2, -0.15) is 0 Å². The molecule has 2 N–H and O–H groups in total. The second-order valence-electron chi connectivity index (χ2n) is 4.78. The number of anilines is 2. The number of rotatable bonds is 6. The Morgan fingerprint density at radius 2 is 1.84 bits per heavy atom. The van der Waals surface area contributed by atoms with Crippen LogP contribution < -0.4 is 10.6 Å². The molecule has 9 nitrogen and oxygen atoms in total. The van der Waals surface area contributed by atoms with Crippen molar-refractivity contribution >= 4 is 45.5 Å². The van der Waals surface area contributed by atoms with Gasteiger partial charge >= 0.3 is 11.0 Å². The van der Waals surface area contributed by atoms with Gasteiger partial charge in [0.1, 0.15) is 4.88 Å². The molecule has 0 saturated carbocycles. The second-order valence-corrected chi connectivity index (χ2v) is 5.84. The van der Waals surface area contributed by atoms with Crippen molar-refractivity contribution in [3.8, 4) is 0 Å². The summed E-state index contributed by atoms with van der Waals surface area (Å²) in [5, 5.41) is 15.5. The zero-order chi connectivity index (χ0) is 18.4. The van der Waals surface area contributed by atoms with Gasteiger partial charge in [-0.25, -0.2) is 4.79 Å². The van der Waals surface area contributed by atoms with Crippen LogP contribution in [0, 0.1) is 10.1 Å². The smallest absolute Gasteiger partial charge is 0.349 e. The number of hydrogen-bond donors (Lipinski definition) is 2. The lowest BCUT2D eigenvalue weighted by atomic mass is 10.2. The number of nitrogens with one attached hydrogen (secondary N) is 2. The Morgan fingerprint density at radius 1 is 1.16 bits per heavy atom. The van der Waals surface area contributed by atoms with Crippen LogP contribution in [0.2, 0.25) is 0 Å². The van der Waals surface area contributed by atoms with Crippen LogP contribution in [0.1, 0.15) is 16.6 Å². The summed E-state index contributed by atoms with van der Waals surface area (Å²) in [7, 11) is 0. The van der Waals surface area contributed by atoms with E-state index in [9.17, 15) is 24.5 Å². The van der Waals surface area contributed by atoms with Gasteiger partial charge in [0.25, 0.3) is 5.91 Å². The Hall–Kier alpha value is -3.27. The van der Waals surface area contributed by atoms with E-state index in [1.807, 2.05) is 0 Å². The van der Waals surface area contributed by atoms with Crippen molar-refractivity contribution in [2.45, 2.75) is 6.92 Å². The Bertz CT molecular complexity index is 832. The van der Waals surface area contributed by atoms with Crippen molar-refractivity contribution in [3.05, 3.63) is 51.4 Å². The van der Waals surface area contributed by atoms with Crippen LogP contribution in [0.15, 0.2) is 36.4 Å². The van der Waals surface area contributed by atoms with E-state index in [4.69, 9.17) is 4.74 Å². The minimum atomic E-state index is -0.819. The van der Waals surface area contributed by atoms with Crippen LogP contribution in [-0.4, -0.2) is 29.3 Å². The Kier molecular flexibility index (Phi) is 5.79. The van der Waals surface area contributed by atoms with Gasteiger partial charge in [-0.3, -0.25) is 19.7 Å². The first-order valence-corrected chi connectivity index (χ1v) is 7.75. The molecule has 25 heavy (non-hydrogen) atoms. The van der Waals surface area contributed by atoms with E-state index in [0.717, 1.165) is 0 Å². The zero-order valence-corrected chi connectivity index (χ0v) is 13.8. The van der Waals surface area contributed by atoms with Gasteiger partial charge in [0, 0.05) is 24.4 Å². The van der Waals surface area contributed by atoms with E-state index in [1.54, 1.807) is 24.3 Å². The van der Waals surface area contributed by atoms with E-state index in [2.05, 4.69) is 10.6 Å². The summed E-state index contributed by atoms with van der Waals surface area (Å²) in [6, 6.07) is 8.89. The first-order valence-electron chi connectivity index (χ1n) is 6.94. The highest BCUT2D eigenvalue weighted by atomic mass is 32.1. The van der Waals surface area contributed by atoms with Gasteiger partial charge in [-0.05, 0) is 24.3 Å². The molecule has 0 spiro atoms. The maximum atomic E-state index is 11.8. The van der Waals surface area contributed by atoms with Crippen molar-refractivity contribution in [2.75, 3.05) is 17.2 Å². The van der Waals surface area contributed by atoms with E-state index < -0.39 is 23.4 Å². The van der Waals surface area contributed by atoms with Crippen molar-refractivity contribution in [1.82, 2.24) is 0 Å². The largest absolute Gasteiger partial charge is 0.451 e. The molecule has 1 heterocycles. The lowest BCUT2D eigenvalue weighted by molar-refractivity contribution is -0.380. The summed E-state index contributed by atoms with van der Waals surface area (Å²) < 4.78 is 4.82. The molecule has 0 saturated heterocycles. The number of carbonyl (C=O) groups excluding carboxylic acids is 3. The fraction of sp³-hybridized carbons (Fsp3) is 0.133. The van der Waals surface area contributed by atoms with Crippen molar-refractivity contribution in [3.63, 3.8) is 0 Å². The average molecular weight is 363 g/mol. The molecular weight excluding hydrogens is 350 g/mol. The molecule has 2 rings (SSSR count). The second kappa shape index (κ2) is 8.02. The molecule has 1 aromatic carbocycles. The van der Waals surface area contributed by atoms with E-state index >= 15 is 0 Å². The fourth-order valence-electron chi connectivity index (χ4n) is 1.81. The van der Waals surface area contributed by atoms with Gasteiger partial charge in [-0.1, -0.05) is 17.4 Å². The van der Waals surface area contributed by atoms with E-state index in [1.165, 1.54) is 19.1 Å². The minimum absolute atomic E-state index is 0.0344.